The van der Waals surface area contributed by atoms with Crippen molar-refractivity contribution in [3.05, 3.63) is 153 Å². The number of benzene rings is 5. The van der Waals surface area contributed by atoms with Crippen molar-refractivity contribution in [2.45, 2.75) is 135 Å². The van der Waals surface area contributed by atoms with E-state index in [-0.39, 0.29) is 16.7 Å². The first-order valence-corrected chi connectivity index (χ1v) is 27.4. The van der Waals surface area contributed by atoms with Gasteiger partial charge in [-0.15, -0.1) is 21.4 Å². The van der Waals surface area contributed by atoms with Gasteiger partial charge < -0.3 is 4.90 Å². The molecule has 6 aromatic rings. The van der Waals surface area contributed by atoms with Gasteiger partial charge in [0.25, 0.3) is 5.91 Å². The predicted molar refractivity (Wildman–Crippen MR) is 292 cm³/mol. The second-order valence-corrected chi connectivity index (χ2v) is 21.7. The summed E-state index contributed by atoms with van der Waals surface area (Å²) in [7, 11) is 0. The molecule has 0 saturated carbocycles. The molecule has 0 bridgehead atoms. The van der Waals surface area contributed by atoms with E-state index in [0.29, 0.717) is 15.8 Å². The van der Waals surface area contributed by atoms with Crippen molar-refractivity contribution in [3.8, 4) is 32.7 Å². The molecule has 5 nitrogen and oxygen atoms in total. The van der Waals surface area contributed by atoms with Crippen molar-refractivity contribution in [3.63, 3.8) is 0 Å². The molecular formula is C60H66N2O3S3. The van der Waals surface area contributed by atoms with Crippen molar-refractivity contribution in [1.29, 1.82) is 0 Å². The molecule has 0 atom stereocenters. The Morgan fingerprint density at radius 3 is 1.57 bits per heavy atom. The lowest BCUT2D eigenvalue weighted by Crippen LogP contribution is -2.28. The molecule has 0 N–H and O–H groups in total. The highest BCUT2D eigenvalue weighted by Gasteiger charge is 2.44. The summed E-state index contributed by atoms with van der Waals surface area (Å²) in [6, 6.07) is 46.5. The lowest BCUT2D eigenvalue weighted by molar-refractivity contribution is -0.384. The van der Waals surface area contributed by atoms with Crippen molar-refractivity contribution in [2.24, 2.45) is 0 Å². The highest BCUT2D eigenvalue weighted by atomic mass is 32.2. The molecular weight excluding hydrogens is 893 g/mol. The molecule has 8 heteroatoms. The fourth-order valence-corrected chi connectivity index (χ4v) is 13.3. The van der Waals surface area contributed by atoms with Crippen LogP contribution in [0.2, 0.25) is 0 Å². The molecule has 2 aliphatic carbocycles. The monoisotopic (exact) mass is 958 g/mol. The number of hydroxylamine groups is 2. The summed E-state index contributed by atoms with van der Waals surface area (Å²) in [4.78, 5) is 28.9. The Balaban J connectivity index is 1.13. The Kier molecular flexibility index (Phi) is 15.2. The average Bonchev–Trinajstić information content (AvgIpc) is 4.10. The van der Waals surface area contributed by atoms with Gasteiger partial charge in [-0.1, -0.05) is 177 Å². The van der Waals surface area contributed by atoms with Gasteiger partial charge in [0.15, 0.2) is 4.32 Å². The number of nitrogens with zero attached hydrogens (tertiary/aromatic N) is 2. The first-order valence-electron chi connectivity index (χ1n) is 25.4. The molecule has 68 heavy (non-hydrogen) atoms. The molecule has 0 spiro atoms. The van der Waals surface area contributed by atoms with E-state index >= 15 is 0 Å². The van der Waals surface area contributed by atoms with Crippen LogP contribution in [0.3, 0.4) is 0 Å². The zero-order valence-corrected chi connectivity index (χ0v) is 43.0. The van der Waals surface area contributed by atoms with Crippen LogP contribution < -0.4 is 4.90 Å². The topological polar surface area (TPSA) is 42.0 Å². The second-order valence-electron chi connectivity index (χ2n) is 18.9. The summed E-state index contributed by atoms with van der Waals surface area (Å²) < 4.78 is 0.329. The molecule has 352 valence electrons. The van der Waals surface area contributed by atoms with Crippen LogP contribution in [0.25, 0.3) is 38.8 Å². The maximum atomic E-state index is 13.2. The van der Waals surface area contributed by atoms with Crippen molar-refractivity contribution in [1.82, 2.24) is 5.06 Å². The SMILES string of the molecule is CCCCOON1C(=O)/C(=C\c2ccc(-c3ccc(N(c4ccc5c(c4)C(CCCC)(CCCC)c4ccccc4-5)c4ccc5c(c4)C(CCCC)(CCCC)c4ccccc4-5)cc3)s2)SC1=S. The van der Waals surface area contributed by atoms with E-state index in [4.69, 9.17) is 22.1 Å². The zero-order valence-electron chi connectivity index (χ0n) is 40.6. The molecule has 1 amide bonds. The van der Waals surface area contributed by atoms with Gasteiger partial charge in [-0.3, -0.25) is 4.79 Å². The third-order valence-electron chi connectivity index (χ3n) is 14.6. The molecule has 1 saturated heterocycles. The standard InChI is InChI=1S/C60H66N2O3S3/c1-6-11-34-59(35-12-7-2)51-22-18-16-20-47(51)49-31-28-44(39-53(49)59)61(45-29-32-50-48-21-17-19-23-52(48)60(36-13-8-3,37-14-9-4)54(50)40-45)43-26-24-42(25-27-43)55-33-30-46(67-55)41-56-57(63)62(58(66)68-56)65-64-38-15-10-5/h16-33,39-41H,6-15,34-38H2,1-5H3/b56-41+. The van der Waals surface area contributed by atoms with Gasteiger partial charge in [0.05, 0.1) is 11.5 Å². The largest absolute Gasteiger partial charge is 0.310 e. The van der Waals surface area contributed by atoms with Crippen LogP contribution >= 0.6 is 35.3 Å². The Hall–Kier alpha value is -4.83. The maximum absolute atomic E-state index is 13.2. The number of thioether (sulfide) groups is 1. The highest BCUT2D eigenvalue weighted by molar-refractivity contribution is 8.26. The van der Waals surface area contributed by atoms with E-state index in [9.17, 15) is 4.79 Å². The van der Waals surface area contributed by atoms with E-state index in [1.807, 2.05) is 6.08 Å². The van der Waals surface area contributed by atoms with E-state index in [2.05, 4.69) is 161 Å². The minimum atomic E-state index is -0.303. The van der Waals surface area contributed by atoms with E-state index < -0.39 is 0 Å². The number of hydrogen-bond donors (Lipinski definition) is 0. The van der Waals surface area contributed by atoms with Gasteiger partial charge >= 0.3 is 0 Å². The van der Waals surface area contributed by atoms with Gasteiger partial charge in [0, 0.05) is 37.6 Å². The molecule has 5 aromatic carbocycles. The molecule has 0 radical (unpaired) electrons. The number of fused-ring (bicyclic) bond motifs is 6. The van der Waals surface area contributed by atoms with E-state index in [0.717, 1.165) is 64.6 Å². The van der Waals surface area contributed by atoms with Crippen LogP contribution in [0.15, 0.2) is 126 Å². The number of carbonyl (C=O) groups is 1. The number of anilines is 3. The third kappa shape index (κ3) is 9.08. The first kappa shape index (κ1) is 48.2. The second kappa shape index (κ2) is 21.4. The Labute approximate surface area is 418 Å². The van der Waals surface area contributed by atoms with Crippen LogP contribution in [0, 0.1) is 0 Å². The van der Waals surface area contributed by atoms with Gasteiger partial charge in [-0.25, -0.2) is 4.89 Å². The number of amides is 1. The van der Waals surface area contributed by atoms with Gasteiger partial charge in [0.2, 0.25) is 0 Å². The van der Waals surface area contributed by atoms with E-state index in [1.165, 1.54) is 119 Å². The van der Waals surface area contributed by atoms with Gasteiger partial charge in [0.1, 0.15) is 0 Å². The number of thiophene rings is 1. The summed E-state index contributed by atoms with van der Waals surface area (Å²) in [6.07, 6.45) is 17.8. The number of unbranched alkanes of at least 4 members (excludes halogenated alkanes) is 5. The fraction of sp³-hybridized carbons (Fsp3) is 0.367. The van der Waals surface area contributed by atoms with Gasteiger partial charge in [-0.05, 0) is 149 Å². The minimum Gasteiger partial charge on any atom is -0.310 e. The number of thiocarbonyl (C=S) groups is 1. The van der Waals surface area contributed by atoms with Crippen LogP contribution in [0.1, 0.15) is 152 Å². The average molecular weight is 959 g/mol. The summed E-state index contributed by atoms with van der Waals surface area (Å²) in [5, 5.41) is 1.08. The molecule has 1 fully saturated rings. The smallest absolute Gasteiger partial charge is 0.292 e. The molecule has 2 heterocycles. The Morgan fingerprint density at radius 1 is 0.574 bits per heavy atom. The molecule has 9 rings (SSSR count). The quantitative estimate of drug-likeness (QED) is 0.0222. The maximum Gasteiger partial charge on any atom is 0.292 e. The van der Waals surface area contributed by atoms with Crippen LogP contribution in [-0.4, -0.2) is 21.9 Å². The zero-order chi connectivity index (χ0) is 47.3. The molecule has 0 unspecified atom stereocenters. The number of carbonyl (C=O) groups excluding carboxylic acids is 1. The van der Waals surface area contributed by atoms with Crippen molar-refractivity contribution < 1.29 is 14.7 Å². The highest BCUT2D eigenvalue weighted by Crippen LogP contribution is 2.58. The van der Waals surface area contributed by atoms with Crippen molar-refractivity contribution >= 4 is 68.7 Å². The Bertz CT molecular complexity index is 2650. The lowest BCUT2D eigenvalue weighted by Gasteiger charge is -2.35. The molecule has 3 aliphatic rings. The predicted octanol–water partition coefficient (Wildman–Crippen LogP) is 18.0. The third-order valence-corrected chi connectivity index (χ3v) is 17.0. The van der Waals surface area contributed by atoms with E-state index in [1.54, 1.807) is 11.3 Å². The fourth-order valence-electron chi connectivity index (χ4n) is 11.2. The number of hydrogen-bond acceptors (Lipinski definition) is 7. The number of rotatable bonds is 22. The van der Waals surface area contributed by atoms with Crippen LogP contribution in [0.4, 0.5) is 17.1 Å². The summed E-state index contributed by atoms with van der Waals surface area (Å²) in [5.41, 5.74) is 16.1. The summed E-state index contributed by atoms with van der Waals surface area (Å²) in [6.45, 7) is 11.8. The summed E-state index contributed by atoms with van der Waals surface area (Å²) in [5.74, 6) is -0.303. The van der Waals surface area contributed by atoms with Crippen LogP contribution in [0.5, 0.6) is 0 Å². The molecule has 1 aromatic heterocycles. The summed E-state index contributed by atoms with van der Waals surface area (Å²) >= 11 is 8.36. The first-order chi connectivity index (χ1) is 33.3. The lowest BCUT2D eigenvalue weighted by atomic mass is 9.70. The van der Waals surface area contributed by atoms with Gasteiger partial charge in [-0.2, -0.15) is 0 Å². The van der Waals surface area contributed by atoms with Crippen LogP contribution in [-0.2, 0) is 25.5 Å². The minimum absolute atomic E-state index is 0.0229. The Morgan fingerprint density at radius 2 is 1.06 bits per heavy atom. The van der Waals surface area contributed by atoms with Crippen molar-refractivity contribution in [2.75, 3.05) is 11.5 Å². The molecule has 1 aliphatic heterocycles. The normalized spacial score (nSPS) is 15.8.